The van der Waals surface area contributed by atoms with E-state index >= 15 is 0 Å². The fourth-order valence-electron chi connectivity index (χ4n) is 4.04. The zero-order chi connectivity index (χ0) is 26.4. The van der Waals surface area contributed by atoms with Crippen LogP contribution in [0.4, 0.5) is 5.69 Å². The first-order chi connectivity index (χ1) is 17.8. The molecule has 0 aliphatic carbocycles. The molecule has 0 saturated heterocycles. The summed E-state index contributed by atoms with van der Waals surface area (Å²) in [7, 11) is -2.61. The molecule has 4 rings (SSSR count). The summed E-state index contributed by atoms with van der Waals surface area (Å²) in [6.45, 7) is 1.53. The van der Waals surface area contributed by atoms with Crippen LogP contribution in [-0.2, 0) is 14.8 Å². The number of carbonyl (C=O) groups is 1. The van der Waals surface area contributed by atoms with Gasteiger partial charge in [0.15, 0.2) is 0 Å². The minimum Gasteiger partial charge on any atom is -0.495 e. The van der Waals surface area contributed by atoms with Crippen LogP contribution in [0, 0.1) is 6.92 Å². The fourth-order valence-corrected chi connectivity index (χ4v) is 5.72. The van der Waals surface area contributed by atoms with E-state index in [0.29, 0.717) is 5.75 Å². The van der Waals surface area contributed by atoms with Gasteiger partial charge < -0.3 is 10.1 Å². The molecule has 190 valence electrons. The maximum atomic E-state index is 13.7. The van der Waals surface area contributed by atoms with Crippen molar-refractivity contribution in [3.8, 4) is 5.75 Å². The van der Waals surface area contributed by atoms with Crippen LogP contribution in [0.1, 0.15) is 22.7 Å². The lowest BCUT2D eigenvalue weighted by Crippen LogP contribution is -2.42. The van der Waals surface area contributed by atoms with Crippen molar-refractivity contribution < 1.29 is 17.9 Å². The van der Waals surface area contributed by atoms with Gasteiger partial charge in [-0.1, -0.05) is 90.0 Å². The maximum Gasteiger partial charge on any atom is 0.264 e. The minimum absolute atomic E-state index is 0.0630. The molecule has 6 nitrogen and oxygen atoms in total. The van der Waals surface area contributed by atoms with Crippen molar-refractivity contribution in [1.29, 1.82) is 0 Å². The Morgan fingerprint density at radius 1 is 0.892 bits per heavy atom. The van der Waals surface area contributed by atoms with Gasteiger partial charge >= 0.3 is 0 Å². The van der Waals surface area contributed by atoms with Gasteiger partial charge in [0.2, 0.25) is 5.91 Å². The van der Waals surface area contributed by atoms with Crippen LogP contribution in [0.15, 0.2) is 108 Å². The summed E-state index contributed by atoms with van der Waals surface area (Å²) in [5.74, 6) is -0.0719. The van der Waals surface area contributed by atoms with Gasteiger partial charge in [-0.15, -0.1) is 0 Å². The largest absolute Gasteiger partial charge is 0.495 e. The van der Waals surface area contributed by atoms with E-state index in [-0.39, 0.29) is 15.6 Å². The van der Waals surface area contributed by atoms with E-state index in [1.165, 1.54) is 25.3 Å². The molecule has 1 amide bonds. The summed E-state index contributed by atoms with van der Waals surface area (Å²) in [4.78, 5) is 13.5. The summed E-state index contributed by atoms with van der Waals surface area (Å²) >= 11 is 6.32. The van der Waals surface area contributed by atoms with Crippen molar-refractivity contribution >= 4 is 33.2 Å². The third-order valence-corrected chi connectivity index (χ3v) is 7.94. The maximum absolute atomic E-state index is 13.7. The molecule has 1 N–H and O–H groups in total. The number of hydrogen-bond donors (Lipinski definition) is 1. The molecular weight excluding hydrogens is 508 g/mol. The summed E-state index contributed by atoms with van der Waals surface area (Å²) in [6.07, 6.45) is 0. The van der Waals surface area contributed by atoms with Crippen LogP contribution in [0.2, 0.25) is 5.02 Å². The zero-order valence-electron chi connectivity index (χ0n) is 20.5. The van der Waals surface area contributed by atoms with E-state index < -0.39 is 28.5 Å². The van der Waals surface area contributed by atoms with Crippen LogP contribution in [0.25, 0.3) is 0 Å². The topological polar surface area (TPSA) is 75.7 Å². The van der Waals surface area contributed by atoms with Gasteiger partial charge in [0.1, 0.15) is 12.3 Å². The Labute approximate surface area is 222 Å². The number of halogens is 1. The molecule has 4 aromatic rings. The lowest BCUT2D eigenvalue weighted by atomic mass is 9.97. The molecule has 0 aliphatic rings. The number of anilines is 1. The predicted octanol–water partition coefficient (Wildman–Crippen LogP) is 5.76. The number of hydrogen-bond acceptors (Lipinski definition) is 4. The highest BCUT2D eigenvalue weighted by atomic mass is 35.5. The molecule has 1 unspecified atom stereocenters. The van der Waals surface area contributed by atoms with Gasteiger partial charge in [-0.3, -0.25) is 9.10 Å². The van der Waals surface area contributed by atoms with Crippen LogP contribution < -0.4 is 14.4 Å². The number of ether oxygens (including phenoxy) is 1. The third-order valence-electron chi connectivity index (χ3n) is 5.86. The highest BCUT2D eigenvalue weighted by molar-refractivity contribution is 7.92. The van der Waals surface area contributed by atoms with Gasteiger partial charge in [-0.05, 0) is 48.4 Å². The number of sulfonamides is 1. The second-order valence-electron chi connectivity index (χ2n) is 8.47. The minimum atomic E-state index is -4.08. The third kappa shape index (κ3) is 6.13. The van der Waals surface area contributed by atoms with Crippen molar-refractivity contribution in [3.63, 3.8) is 0 Å². The summed E-state index contributed by atoms with van der Waals surface area (Å²) in [6, 6.07) is 29.5. The number of benzene rings is 4. The first-order valence-corrected chi connectivity index (χ1v) is 13.4. The number of nitrogens with one attached hydrogen (secondary N) is 1. The van der Waals surface area contributed by atoms with Crippen molar-refractivity contribution in [1.82, 2.24) is 5.32 Å². The molecule has 0 bridgehead atoms. The second-order valence-corrected chi connectivity index (χ2v) is 10.7. The Kier molecular flexibility index (Phi) is 8.16. The normalized spacial score (nSPS) is 12.0. The van der Waals surface area contributed by atoms with E-state index in [4.69, 9.17) is 16.3 Å². The molecule has 0 aromatic heterocycles. The average Bonchev–Trinajstić information content (AvgIpc) is 2.91. The smallest absolute Gasteiger partial charge is 0.264 e. The van der Waals surface area contributed by atoms with E-state index in [9.17, 15) is 13.2 Å². The van der Waals surface area contributed by atoms with E-state index in [1.807, 2.05) is 61.5 Å². The zero-order valence-corrected chi connectivity index (χ0v) is 22.0. The molecular formula is C29H27ClN2O4S. The summed E-state index contributed by atoms with van der Waals surface area (Å²) < 4.78 is 33.6. The van der Waals surface area contributed by atoms with Crippen LogP contribution in [-0.4, -0.2) is 28.0 Å². The second kappa shape index (κ2) is 11.5. The molecule has 0 fully saturated rings. The van der Waals surface area contributed by atoms with Gasteiger partial charge in [-0.2, -0.15) is 0 Å². The number of aryl methyl sites for hydroxylation is 1. The number of nitrogens with zero attached hydrogens (tertiary/aromatic N) is 1. The predicted molar refractivity (Wildman–Crippen MR) is 147 cm³/mol. The van der Waals surface area contributed by atoms with Crippen molar-refractivity contribution in [2.24, 2.45) is 0 Å². The van der Waals surface area contributed by atoms with Gasteiger partial charge in [0.05, 0.1) is 28.8 Å². The Morgan fingerprint density at radius 3 is 2.16 bits per heavy atom. The Balaban J connectivity index is 1.71. The molecule has 0 aliphatic heterocycles. The lowest BCUT2D eigenvalue weighted by Gasteiger charge is -2.26. The van der Waals surface area contributed by atoms with Crippen LogP contribution in [0.3, 0.4) is 0 Å². The molecule has 8 heteroatoms. The summed E-state index contributed by atoms with van der Waals surface area (Å²) in [5, 5.41) is 3.27. The first kappa shape index (κ1) is 26.3. The van der Waals surface area contributed by atoms with Gasteiger partial charge in [0.25, 0.3) is 10.0 Å². The molecule has 0 heterocycles. The first-order valence-electron chi connectivity index (χ1n) is 11.6. The Morgan fingerprint density at radius 2 is 1.54 bits per heavy atom. The standard InChI is InChI=1S/C29H27ClN2O4S/c1-21-10-9-13-23(18-21)29(22-11-5-3-6-12-22)31-28(33)20-32(24-16-17-27(36-2)26(30)19-24)37(34,35)25-14-7-4-8-15-25/h3-19,29H,20H2,1-2H3,(H,31,33). The molecule has 0 spiro atoms. The average molecular weight is 535 g/mol. The molecule has 0 radical (unpaired) electrons. The number of rotatable bonds is 9. The van der Waals surface area contributed by atoms with Crippen molar-refractivity contribution in [3.05, 3.63) is 125 Å². The fraction of sp³-hybridized carbons (Fsp3) is 0.138. The highest BCUT2D eigenvalue weighted by Gasteiger charge is 2.29. The number of carbonyl (C=O) groups excluding carboxylic acids is 1. The van der Waals surface area contributed by atoms with E-state index in [2.05, 4.69) is 5.32 Å². The van der Waals surface area contributed by atoms with Crippen LogP contribution in [0.5, 0.6) is 5.75 Å². The quantitative estimate of drug-likeness (QED) is 0.296. The number of amides is 1. The summed E-state index contributed by atoms with van der Waals surface area (Å²) in [5.41, 5.74) is 3.07. The Hall–Kier alpha value is -3.81. The molecule has 37 heavy (non-hydrogen) atoms. The highest BCUT2D eigenvalue weighted by Crippen LogP contribution is 2.32. The van der Waals surface area contributed by atoms with Gasteiger partial charge in [0, 0.05) is 0 Å². The van der Waals surface area contributed by atoms with E-state index in [1.54, 1.807) is 30.3 Å². The SMILES string of the molecule is COc1ccc(N(CC(=O)NC(c2ccccc2)c2cccc(C)c2)S(=O)(=O)c2ccccc2)cc1Cl. The molecule has 1 atom stereocenters. The Bertz CT molecular complexity index is 1480. The van der Waals surface area contributed by atoms with Crippen LogP contribution >= 0.6 is 11.6 Å². The molecule has 4 aromatic carbocycles. The number of methoxy groups -OCH3 is 1. The van der Waals surface area contributed by atoms with E-state index in [0.717, 1.165) is 21.0 Å². The van der Waals surface area contributed by atoms with Crippen molar-refractivity contribution in [2.45, 2.75) is 17.9 Å². The van der Waals surface area contributed by atoms with Gasteiger partial charge in [-0.25, -0.2) is 8.42 Å². The monoisotopic (exact) mass is 534 g/mol. The molecule has 0 saturated carbocycles. The van der Waals surface area contributed by atoms with Crippen molar-refractivity contribution in [2.75, 3.05) is 18.0 Å². The lowest BCUT2D eigenvalue weighted by molar-refractivity contribution is -0.120.